The summed E-state index contributed by atoms with van der Waals surface area (Å²) in [5.41, 5.74) is -0.808. The lowest BCUT2D eigenvalue weighted by atomic mass is 9.85. The van der Waals surface area contributed by atoms with Gasteiger partial charge in [0, 0.05) is 32.2 Å². The van der Waals surface area contributed by atoms with Crippen LogP contribution in [-0.2, 0) is 14.4 Å². The van der Waals surface area contributed by atoms with Gasteiger partial charge in [0.15, 0.2) is 5.78 Å². The molecule has 1 rings (SSSR count). The molecule has 4 atom stereocenters. The quantitative estimate of drug-likeness (QED) is 0.175. The molecule has 1 saturated heterocycles. The third-order valence-corrected chi connectivity index (χ3v) is 7.12. The van der Waals surface area contributed by atoms with Crippen LogP contribution < -0.4 is 21.3 Å². The van der Waals surface area contributed by atoms with E-state index in [2.05, 4.69) is 54.9 Å². The second-order valence-electron chi connectivity index (χ2n) is 12.6. The number of Topliss-reactive ketones (excluding diaryl/α,β-unsaturated/α-hetero) is 1. The van der Waals surface area contributed by atoms with Gasteiger partial charge >= 0.3 is 6.03 Å². The lowest BCUT2D eigenvalue weighted by Crippen LogP contribution is -2.61. The SMILES string of the molecule is CCCC(NC(=O)C1CCCN1C(=O)C(NC(=O)NC(CNCCN(C)S)C(C)(C)C)C(C)(C)C)C(C)=O. The Balaban J connectivity index is 2.97. The largest absolute Gasteiger partial charge is 0.345 e. The molecule has 0 aromatic rings. The van der Waals surface area contributed by atoms with Crippen LogP contribution in [0.4, 0.5) is 4.79 Å². The van der Waals surface area contributed by atoms with Crippen LogP contribution >= 0.6 is 12.8 Å². The van der Waals surface area contributed by atoms with E-state index in [1.807, 2.05) is 34.7 Å². The highest BCUT2D eigenvalue weighted by atomic mass is 32.1. The Morgan fingerprint density at radius 3 is 2.16 bits per heavy atom. The summed E-state index contributed by atoms with van der Waals surface area (Å²) in [4.78, 5) is 53.6. The normalized spacial score (nSPS) is 18.6. The molecule has 1 fully saturated rings. The van der Waals surface area contributed by atoms with Gasteiger partial charge in [-0.15, -0.1) is 0 Å². The molecule has 0 aliphatic carbocycles. The van der Waals surface area contributed by atoms with E-state index in [0.717, 1.165) is 19.5 Å². The summed E-state index contributed by atoms with van der Waals surface area (Å²) < 4.78 is 1.79. The van der Waals surface area contributed by atoms with E-state index in [4.69, 9.17) is 0 Å². The van der Waals surface area contributed by atoms with Crippen molar-refractivity contribution in [2.75, 3.05) is 33.2 Å². The molecule has 0 bridgehead atoms. The van der Waals surface area contributed by atoms with Gasteiger partial charge in [0.25, 0.3) is 0 Å². The number of likely N-dealkylation sites (tertiary alicyclic amines) is 1. The molecular weight excluding hydrogens is 504 g/mol. The maximum atomic E-state index is 13.8. The number of nitrogens with one attached hydrogen (secondary N) is 4. The van der Waals surface area contributed by atoms with Gasteiger partial charge in [-0.1, -0.05) is 67.7 Å². The average molecular weight is 557 g/mol. The Morgan fingerprint density at radius 1 is 1.03 bits per heavy atom. The average Bonchev–Trinajstić information content (AvgIpc) is 3.27. The van der Waals surface area contributed by atoms with Gasteiger partial charge in [0.1, 0.15) is 12.1 Å². The summed E-state index contributed by atoms with van der Waals surface area (Å²) in [5, 5.41) is 12.1. The molecule has 4 unspecified atom stereocenters. The van der Waals surface area contributed by atoms with Crippen LogP contribution in [-0.4, -0.2) is 90.2 Å². The molecule has 0 radical (unpaired) electrons. The molecular formula is C27H52N6O4S. The van der Waals surface area contributed by atoms with E-state index in [1.54, 1.807) is 9.21 Å². The molecule has 10 nitrogen and oxygen atoms in total. The van der Waals surface area contributed by atoms with Crippen molar-refractivity contribution in [3.8, 4) is 0 Å². The maximum absolute atomic E-state index is 13.8. The molecule has 4 N–H and O–H groups in total. The number of hydrogen-bond acceptors (Lipinski definition) is 7. The number of hydrogen-bond donors (Lipinski definition) is 5. The molecule has 11 heteroatoms. The number of amides is 4. The van der Waals surface area contributed by atoms with E-state index >= 15 is 0 Å². The number of thiol groups is 1. The number of urea groups is 1. The first-order valence-corrected chi connectivity index (χ1v) is 14.2. The number of nitrogens with zero attached hydrogens (tertiary/aromatic N) is 2. The summed E-state index contributed by atoms with van der Waals surface area (Å²) in [6, 6.07) is -2.65. The van der Waals surface area contributed by atoms with Crippen molar-refractivity contribution >= 4 is 36.4 Å². The van der Waals surface area contributed by atoms with E-state index in [1.165, 1.54) is 6.92 Å². The van der Waals surface area contributed by atoms with Crippen molar-refractivity contribution in [2.24, 2.45) is 10.8 Å². The zero-order valence-electron chi connectivity index (χ0n) is 24.9. The van der Waals surface area contributed by atoms with Crippen LogP contribution in [0.15, 0.2) is 0 Å². The Kier molecular flexibility index (Phi) is 13.6. The zero-order valence-corrected chi connectivity index (χ0v) is 25.8. The van der Waals surface area contributed by atoms with Gasteiger partial charge in [-0.3, -0.25) is 18.7 Å². The van der Waals surface area contributed by atoms with Crippen LogP contribution in [0.3, 0.4) is 0 Å². The fourth-order valence-corrected chi connectivity index (χ4v) is 4.54. The lowest BCUT2D eigenvalue weighted by Gasteiger charge is -2.37. The second kappa shape index (κ2) is 15.1. The van der Waals surface area contributed by atoms with Crippen LogP contribution in [0.2, 0.25) is 0 Å². The molecule has 220 valence electrons. The van der Waals surface area contributed by atoms with Gasteiger partial charge in [0.05, 0.1) is 6.04 Å². The monoisotopic (exact) mass is 556 g/mol. The third-order valence-electron chi connectivity index (χ3n) is 6.92. The van der Waals surface area contributed by atoms with Crippen molar-refractivity contribution < 1.29 is 19.2 Å². The van der Waals surface area contributed by atoms with Crippen molar-refractivity contribution in [1.82, 2.24) is 30.5 Å². The minimum absolute atomic E-state index is 0.0949. The van der Waals surface area contributed by atoms with Gasteiger partial charge in [0.2, 0.25) is 11.8 Å². The predicted octanol–water partition coefficient (Wildman–Crippen LogP) is 2.35. The first-order valence-electron chi connectivity index (χ1n) is 13.8. The summed E-state index contributed by atoms with van der Waals surface area (Å²) in [7, 11) is 1.88. The lowest BCUT2D eigenvalue weighted by molar-refractivity contribution is -0.142. The smallest absolute Gasteiger partial charge is 0.315 e. The van der Waals surface area contributed by atoms with Crippen LogP contribution in [0.1, 0.15) is 81.1 Å². The highest BCUT2D eigenvalue weighted by Gasteiger charge is 2.42. The number of carbonyl (C=O) groups is 4. The van der Waals surface area contributed by atoms with Crippen molar-refractivity contribution in [2.45, 2.75) is 105 Å². The van der Waals surface area contributed by atoms with Crippen LogP contribution in [0, 0.1) is 10.8 Å². The highest BCUT2D eigenvalue weighted by molar-refractivity contribution is 7.77. The Labute approximate surface area is 235 Å². The van der Waals surface area contributed by atoms with Gasteiger partial charge < -0.3 is 26.2 Å². The fourth-order valence-electron chi connectivity index (χ4n) is 4.44. The molecule has 0 aromatic heterocycles. The third kappa shape index (κ3) is 11.1. The van der Waals surface area contributed by atoms with Crippen LogP contribution in [0.25, 0.3) is 0 Å². The highest BCUT2D eigenvalue weighted by Crippen LogP contribution is 2.26. The van der Waals surface area contributed by atoms with E-state index in [-0.39, 0.29) is 29.1 Å². The molecule has 0 spiro atoms. The maximum Gasteiger partial charge on any atom is 0.315 e. The van der Waals surface area contributed by atoms with Gasteiger partial charge in [-0.05, 0) is 44.1 Å². The van der Waals surface area contributed by atoms with Gasteiger partial charge in [-0.2, -0.15) is 0 Å². The standard InChI is InChI=1S/C27H52N6O4S/c1-10-12-19(18(2)34)29-23(35)20-13-11-15-33(20)24(36)22(27(6,7)8)31-25(37)30-21(26(3,4)5)17-28-14-16-32(9)38/h19-22,28,38H,10-17H2,1-9H3,(H,29,35)(H2,30,31,37). The molecule has 1 heterocycles. The second-order valence-corrected chi connectivity index (χ2v) is 13.3. The molecule has 0 saturated carbocycles. The Morgan fingerprint density at radius 2 is 1.66 bits per heavy atom. The zero-order chi connectivity index (χ0) is 29.3. The summed E-state index contributed by atoms with van der Waals surface area (Å²) in [6.45, 7) is 17.7. The minimum Gasteiger partial charge on any atom is -0.345 e. The van der Waals surface area contributed by atoms with E-state index in [0.29, 0.717) is 32.4 Å². The first kappa shape index (κ1) is 34.2. The van der Waals surface area contributed by atoms with Crippen molar-refractivity contribution in [3.63, 3.8) is 0 Å². The summed E-state index contributed by atoms with van der Waals surface area (Å²) >= 11 is 4.25. The molecule has 1 aliphatic rings. The molecule has 0 aromatic carbocycles. The predicted molar refractivity (Wildman–Crippen MR) is 155 cm³/mol. The van der Waals surface area contributed by atoms with Crippen LogP contribution in [0.5, 0.6) is 0 Å². The van der Waals surface area contributed by atoms with Crippen molar-refractivity contribution in [3.05, 3.63) is 0 Å². The van der Waals surface area contributed by atoms with Gasteiger partial charge in [-0.25, -0.2) is 4.79 Å². The number of carbonyl (C=O) groups excluding carboxylic acids is 4. The number of likely N-dealkylation sites (N-methyl/N-ethyl adjacent to an activating group) is 1. The Bertz CT molecular complexity index is 808. The first-order chi connectivity index (χ1) is 17.5. The topological polar surface area (TPSA) is 123 Å². The number of rotatable bonds is 13. The number of ketones is 1. The minimum atomic E-state index is -0.832. The fraction of sp³-hybridized carbons (Fsp3) is 0.852. The summed E-state index contributed by atoms with van der Waals surface area (Å²) in [6.07, 6.45) is 2.53. The molecule has 1 aliphatic heterocycles. The van der Waals surface area contributed by atoms with E-state index < -0.39 is 29.6 Å². The summed E-state index contributed by atoms with van der Waals surface area (Å²) in [5.74, 6) is -0.697. The Hall–Kier alpha value is -1.85. The van der Waals surface area contributed by atoms with Crippen molar-refractivity contribution in [1.29, 1.82) is 0 Å². The van der Waals surface area contributed by atoms with E-state index in [9.17, 15) is 19.2 Å². The molecule has 38 heavy (non-hydrogen) atoms. The molecule has 4 amide bonds.